The van der Waals surface area contributed by atoms with Crippen molar-refractivity contribution in [2.45, 2.75) is 26.2 Å². The maximum Gasteiger partial charge on any atom is 0.174 e. The van der Waals surface area contributed by atoms with Crippen LogP contribution in [0.2, 0.25) is 0 Å². The summed E-state index contributed by atoms with van der Waals surface area (Å²) in [6, 6.07) is 5.58. The Morgan fingerprint density at radius 3 is 2.86 bits per heavy atom. The third-order valence-corrected chi connectivity index (χ3v) is 5.41. The van der Waals surface area contributed by atoms with Gasteiger partial charge in [0.1, 0.15) is 0 Å². The van der Waals surface area contributed by atoms with Gasteiger partial charge in [-0.05, 0) is 39.9 Å². The average molecular weight is 347 g/mol. The summed E-state index contributed by atoms with van der Waals surface area (Å²) in [4.78, 5) is 25.1. The zero-order valence-electron chi connectivity index (χ0n) is 11.6. The van der Waals surface area contributed by atoms with Crippen molar-refractivity contribution in [3.63, 3.8) is 0 Å². The molecule has 0 spiro atoms. The van der Waals surface area contributed by atoms with Gasteiger partial charge in [-0.15, -0.1) is 0 Å². The molecule has 2 N–H and O–H groups in total. The van der Waals surface area contributed by atoms with Crippen LogP contribution in [0.5, 0.6) is 0 Å². The van der Waals surface area contributed by atoms with E-state index in [9.17, 15) is 9.59 Å². The van der Waals surface area contributed by atoms with Crippen LogP contribution in [0.15, 0.2) is 27.8 Å². The first kappa shape index (κ1) is 14.2. The molecule has 1 aromatic carbocycles. The Morgan fingerprint density at radius 1 is 1.43 bits per heavy atom. The number of halogens is 1. The Hall–Kier alpha value is -1.75. The first-order valence-corrected chi connectivity index (χ1v) is 7.71. The van der Waals surface area contributed by atoms with Crippen LogP contribution in [-0.2, 0) is 4.79 Å². The molecule has 1 aromatic rings. The van der Waals surface area contributed by atoms with E-state index >= 15 is 0 Å². The zero-order chi connectivity index (χ0) is 15.2. The Morgan fingerprint density at radius 2 is 2.19 bits per heavy atom. The molecule has 0 radical (unpaired) electrons. The summed E-state index contributed by atoms with van der Waals surface area (Å²) in [6.45, 7) is 2.00. The number of nitrogens with zero attached hydrogens (tertiary/aromatic N) is 1. The minimum atomic E-state index is -0.590. The number of nitrogens with two attached hydrogens (primary N) is 1. The van der Waals surface area contributed by atoms with E-state index in [1.54, 1.807) is 0 Å². The van der Waals surface area contributed by atoms with Crippen LogP contribution >= 0.6 is 15.9 Å². The molecule has 2 aliphatic rings. The van der Waals surface area contributed by atoms with E-state index in [0.717, 1.165) is 11.1 Å². The second-order valence-electron chi connectivity index (χ2n) is 5.42. The lowest BCUT2D eigenvalue weighted by Gasteiger charge is -2.32. The molecule has 5 heteroatoms. The topological polar surface area (TPSA) is 72.5 Å². The number of hydrogen-bond acceptors (Lipinski definition) is 4. The first-order valence-electron chi connectivity index (χ1n) is 6.91. The van der Waals surface area contributed by atoms with Gasteiger partial charge >= 0.3 is 0 Å². The molecule has 4 nitrogen and oxygen atoms in total. The Balaban J connectivity index is 2.37. The predicted octanol–water partition coefficient (Wildman–Crippen LogP) is 3.04. The van der Waals surface area contributed by atoms with Gasteiger partial charge in [-0.2, -0.15) is 5.10 Å². The van der Waals surface area contributed by atoms with Gasteiger partial charge in [0.25, 0.3) is 0 Å². The second-order valence-corrected chi connectivity index (χ2v) is 6.22. The van der Waals surface area contributed by atoms with Crippen molar-refractivity contribution in [3.8, 4) is 0 Å². The highest BCUT2D eigenvalue weighted by Gasteiger charge is 2.52. The monoisotopic (exact) mass is 346 g/mol. The smallest absolute Gasteiger partial charge is 0.174 e. The minimum Gasteiger partial charge on any atom is -0.323 e. The number of hydrogen-bond donors (Lipinski definition) is 1. The van der Waals surface area contributed by atoms with E-state index in [4.69, 9.17) is 5.84 Å². The van der Waals surface area contributed by atoms with Crippen molar-refractivity contribution < 1.29 is 9.59 Å². The Kier molecular flexibility index (Phi) is 3.32. The predicted molar refractivity (Wildman–Crippen MR) is 85.4 cm³/mol. The zero-order valence-corrected chi connectivity index (χ0v) is 13.2. The number of Topliss-reactive ketones (excluding diaryl/α,β-unsaturated/α-hetero) is 2. The number of fused-ring (bicyclic) bond motifs is 3. The van der Waals surface area contributed by atoms with Gasteiger partial charge in [-0.25, -0.2) is 0 Å². The van der Waals surface area contributed by atoms with Crippen molar-refractivity contribution in [1.29, 1.82) is 0 Å². The van der Waals surface area contributed by atoms with Crippen LogP contribution in [0, 0.1) is 5.41 Å². The number of rotatable bonds is 2. The SMILES string of the molecule is CCC12CCC(=O)C(Br)=C1c1cccc(/C=N\N)c1C2=O. The van der Waals surface area contributed by atoms with Gasteiger partial charge in [0, 0.05) is 17.5 Å². The van der Waals surface area contributed by atoms with Gasteiger partial charge in [-0.3, -0.25) is 9.59 Å². The number of ketones is 2. The summed E-state index contributed by atoms with van der Waals surface area (Å²) in [5.74, 6) is 5.39. The Bertz CT molecular complexity index is 721. The fourth-order valence-electron chi connectivity index (χ4n) is 3.49. The van der Waals surface area contributed by atoms with Crippen molar-refractivity contribution >= 4 is 39.3 Å². The first-order chi connectivity index (χ1) is 10.1. The maximum atomic E-state index is 13.1. The molecule has 0 heterocycles. The minimum absolute atomic E-state index is 0.0626. The highest BCUT2D eigenvalue weighted by Crippen LogP contribution is 2.56. The van der Waals surface area contributed by atoms with Crippen LogP contribution in [0.3, 0.4) is 0 Å². The lowest BCUT2D eigenvalue weighted by atomic mass is 9.70. The third kappa shape index (κ3) is 1.77. The van der Waals surface area contributed by atoms with E-state index in [-0.39, 0.29) is 11.6 Å². The van der Waals surface area contributed by atoms with E-state index in [0.29, 0.717) is 34.9 Å². The molecule has 21 heavy (non-hydrogen) atoms. The highest BCUT2D eigenvalue weighted by molar-refractivity contribution is 9.12. The second kappa shape index (κ2) is 4.91. The van der Waals surface area contributed by atoms with Gasteiger partial charge in [-0.1, -0.05) is 25.1 Å². The molecule has 0 aliphatic heterocycles. The van der Waals surface area contributed by atoms with Crippen molar-refractivity contribution in [1.82, 2.24) is 0 Å². The molecule has 0 bridgehead atoms. The lowest BCUT2D eigenvalue weighted by molar-refractivity contribution is -0.115. The van der Waals surface area contributed by atoms with Crippen LogP contribution in [-0.4, -0.2) is 17.8 Å². The summed E-state index contributed by atoms with van der Waals surface area (Å²) in [5.41, 5.74) is 2.43. The number of carbonyl (C=O) groups is 2. The summed E-state index contributed by atoms with van der Waals surface area (Å²) >= 11 is 3.42. The average Bonchev–Trinajstić information content (AvgIpc) is 2.75. The number of carbonyl (C=O) groups excluding carboxylic acids is 2. The maximum absolute atomic E-state index is 13.1. The normalized spacial score (nSPS) is 24.7. The van der Waals surface area contributed by atoms with Crippen molar-refractivity contribution in [2.75, 3.05) is 0 Å². The summed E-state index contributed by atoms with van der Waals surface area (Å²) in [6.07, 6.45) is 3.14. The highest BCUT2D eigenvalue weighted by atomic mass is 79.9. The van der Waals surface area contributed by atoms with E-state index in [2.05, 4.69) is 21.0 Å². The number of benzene rings is 1. The third-order valence-electron chi connectivity index (χ3n) is 4.57. The molecule has 1 unspecified atom stereocenters. The molecule has 3 rings (SSSR count). The fraction of sp³-hybridized carbons (Fsp3) is 0.312. The van der Waals surface area contributed by atoms with Crippen LogP contribution in [0.25, 0.3) is 5.57 Å². The molecular formula is C16H15BrN2O2. The Labute approximate surface area is 131 Å². The van der Waals surface area contributed by atoms with Crippen molar-refractivity contribution in [3.05, 3.63) is 39.4 Å². The molecule has 0 aromatic heterocycles. The summed E-state index contributed by atoms with van der Waals surface area (Å²) in [5, 5.41) is 3.55. The quantitative estimate of drug-likeness (QED) is 0.508. The lowest BCUT2D eigenvalue weighted by Crippen LogP contribution is -2.31. The standard InChI is InChI=1S/C16H15BrN2O2/c1-2-16-7-6-11(20)14(17)13(16)10-5-3-4-9(8-19-18)12(10)15(16)21/h3-5,8H,2,6-7,18H2,1H3/b19-8-. The molecule has 0 amide bonds. The fourth-order valence-corrected chi connectivity index (χ4v) is 4.28. The van der Waals surface area contributed by atoms with Gasteiger partial charge in [0.15, 0.2) is 11.6 Å². The van der Waals surface area contributed by atoms with Gasteiger partial charge in [0.2, 0.25) is 0 Å². The molecule has 0 saturated heterocycles. The molecule has 1 atom stereocenters. The van der Waals surface area contributed by atoms with E-state index in [1.807, 2.05) is 25.1 Å². The van der Waals surface area contributed by atoms with E-state index < -0.39 is 5.41 Å². The molecular weight excluding hydrogens is 332 g/mol. The number of allylic oxidation sites excluding steroid dienone is 2. The summed E-state index contributed by atoms with van der Waals surface area (Å²) in [7, 11) is 0. The van der Waals surface area contributed by atoms with E-state index in [1.165, 1.54) is 6.21 Å². The van der Waals surface area contributed by atoms with Crippen LogP contribution < -0.4 is 5.84 Å². The summed E-state index contributed by atoms with van der Waals surface area (Å²) < 4.78 is 0.546. The van der Waals surface area contributed by atoms with Crippen LogP contribution in [0.4, 0.5) is 0 Å². The molecule has 0 fully saturated rings. The van der Waals surface area contributed by atoms with Crippen molar-refractivity contribution in [2.24, 2.45) is 16.4 Å². The largest absolute Gasteiger partial charge is 0.323 e. The van der Waals surface area contributed by atoms with Crippen LogP contribution in [0.1, 0.15) is 47.7 Å². The van der Waals surface area contributed by atoms with Gasteiger partial charge < -0.3 is 5.84 Å². The molecule has 0 saturated carbocycles. The number of hydrazone groups is 1. The molecule has 2 aliphatic carbocycles. The molecule has 108 valence electrons. The van der Waals surface area contributed by atoms with Gasteiger partial charge in [0.05, 0.1) is 16.1 Å².